The quantitative estimate of drug-likeness (QED) is 0.862. The van der Waals surface area contributed by atoms with E-state index in [1.807, 2.05) is 37.3 Å². The third-order valence-electron chi connectivity index (χ3n) is 3.80. The number of carbonyl (C=O) groups excluding carboxylic acids is 2. The van der Waals surface area contributed by atoms with Crippen LogP contribution in [0.4, 0.5) is 0 Å². The number of carbonyl (C=O) groups is 2. The van der Waals surface area contributed by atoms with Gasteiger partial charge >= 0.3 is 0 Å². The highest BCUT2D eigenvalue weighted by molar-refractivity contribution is 5.88. The Balaban J connectivity index is 1.71. The minimum Gasteiger partial charge on any atom is -0.353 e. The molecule has 0 bridgehead atoms. The van der Waals surface area contributed by atoms with Crippen LogP contribution in [-0.2, 0) is 16.1 Å². The Hall–Kier alpha value is -2.77. The van der Waals surface area contributed by atoms with E-state index in [1.165, 1.54) is 4.80 Å². The number of hydrogen-bond acceptors (Lipinski definition) is 5. The molecular weight excluding hydrogens is 296 g/mol. The molecule has 1 aromatic heterocycles. The molecule has 0 saturated carbocycles. The molecule has 1 N–H and O–H groups in total. The number of benzene rings is 1. The van der Waals surface area contributed by atoms with Gasteiger partial charge in [-0.2, -0.15) is 4.80 Å². The number of piperazine rings is 1. The summed E-state index contributed by atoms with van der Waals surface area (Å²) in [5.74, 6) is 0.189. The maximum atomic E-state index is 12.4. The maximum absolute atomic E-state index is 12.4. The van der Waals surface area contributed by atoms with Crippen molar-refractivity contribution < 1.29 is 9.59 Å². The monoisotopic (exact) mass is 314 g/mol. The van der Waals surface area contributed by atoms with Crippen LogP contribution in [-0.4, -0.2) is 56.1 Å². The first kappa shape index (κ1) is 15.1. The molecule has 120 valence electrons. The zero-order valence-corrected chi connectivity index (χ0v) is 12.8. The van der Waals surface area contributed by atoms with E-state index in [1.54, 1.807) is 4.90 Å². The van der Waals surface area contributed by atoms with E-state index in [-0.39, 0.29) is 18.4 Å². The highest BCUT2D eigenvalue weighted by Crippen LogP contribution is 2.13. The summed E-state index contributed by atoms with van der Waals surface area (Å²) in [5, 5.41) is 14.9. The van der Waals surface area contributed by atoms with Crippen LogP contribution in [0.15, 0.2) is 30.3 Å². The van der Waals surface area contributed by atoms with Gasteiger partial charge < -0.3 is 10.2 Å². The molecule has 1 fully saturated rings. The van der Waals surface area contributed by atoms with Gasteiger partial charge in [0, 0.05) is 18.7 Å². The Morgan fingerprint density at radius 3 is 2.87 bits per heavy atom. The van der Waals surface area contributed by atoms with Gasteiger partial charge in [0.1, 0.15) is 12.6 Å². The molecule has 2 heterocycles. The van der Waals surface area contributed by atoms with Crippen molar-refractivity contribution in [2.24, 2.45) is 0 Å². The smallest absolute Gasteiger partial charge is 0.246 e. The first-order valence-electron chi connectivity index (χ1n) is 7.59. The number of nitrogens with one attached hydrogen (secondary N) is 1. The zero-order chi connectivity index (χ0) is 16.2. The first-order valence-corrected chi connectivity index (χ1v) is 7.59. The van der Waals surface area contributed by atoms with Crippen LogP contribution in [0.2, 0.25) is 0 Å². The summed E-state index contributed by atoms with van der Waals surface area (Å²) in [4.78, 5) is 27.1. The zero-order valence-electron chi connectivity index (χ0n) is 12.8. The van der Waals surface area contributed by atoms with Crippen molar-refractivity contribution >= 4 is 11.8 Å². The van der Waals surface area contributed by atoms with E-state index in [0.717, 1.165) is 5.56 Å². The van der Waals surface area contributed by atoms with Crippen molar-refractivity contribution in [1.29, 1.82) is 0 Å². The Morgan fingerprint density at radius 2 is 2.13 bits per heavy atom. The minimum absolute atomic E-state index is 0.0242. The Labute approximate surface area is 133 Å². The van der Waals surface area contributed by atoms with E-state index >= 15 is 0 Å². The molecule has 1 saturated heterocycles. The molecule has 23 heavy (non-hydrogen) atoms. The topological polar surface area (TPSA) is 93.0 Å². The molecule has 8 nitrogen and oxygen atoms in total. The fourth-order valence-electron chi connectivity index (χ4n) is 2.64. The average molecular weight is 314 g/mol. The van der Waals surface area contributed by atoms with Crippen molar-refractivity contribution in [2.45, 2.75) is 25.9 Å². The summed E-state index contributed by atoms with van der Waals surface area (Å²) in [5.41, 5.74) is 0.843. The lowest BCUT2D eigenvalue weighted by Crippen LogP contribution is -2.57. The molecule has 0 spiro atoms. The van der Waals surface area contributed by atoms with Gasteiger partial charge in [-0.3, -0.25) is 9.59 Å². The lowest BCUT2D eigenvalue weighted by Gasteiger charge is -2.34. The van der Waals surface area contributed by atoms with Crippen LogP contribution in [0.3, 0.4) is 0 Å². The van der Waals surface area contributed by atoms with Crippen molar-refractivity contribution in [3.8, 4) is 11.4 Å². The number of nitrogens with zero attached hydrogens (tertiary/aromatic N) is 5. The van der Waals surface area contributed by atoms with Gasteiger partial charge in [-0.1, -0.05) is 37.3 Å². The molecule has 1 unspecified atom stereocenters. The molecule has 3 rings (SSSR count). The minimum atomic E-state index is -0.423. The summed E-state index contributed by atoms with van der Waals surface area (Å²) in [6.45, 7) is 2.84. The van der Waals surface area contributed by atoms with Crippen LogP contribution in [0, 0.1) is 0 Å². The summed E-state index contributed by atoms with van der Waals surface area (Å²) in [6.07, 6.45) is 0.581. The van der Waals surface area contributed by atoms with Crippen LogP contribution < -0.4 is 5.32 Å². The maximum Gasteiger partial charge on any atom is 0.246 e. The van der Waals surface area contributed by atoms with E-state index in [0.29, 0.717) is 25.3 Å². The Bertz CT molecular complexity index is 699. The number of hydrogen-bond donors (Lipinski definition) is 1. The SMILES string of the molecule is CCC1C(=O)NCCN1C(=O)Cn1nnc(-c2ccccc2)n1. The molecule has 1 aliphatic rings. The molecular formula is C15H18N6O2. The third kappa shape index (κ3) is 3.20. The van der Waals surface area contributed by atoms with E-state index in [4.69, 9.17) is 0 Å². The van der Waals surface area contributed by atoms with E-state index in [9.17, 15) is 9.59 Å². The molecule has 1 aliphatic heterocycles. The van der Waals surface area contributed by atoms with Crippen LogP contribution >= 0.6 is 0 Å². The predicted octanol–water partition coefficient (Wildman–Crippen LogP) is 0.0771. The molecule has 2 aromatic rings. The van der Waals surface area contributed by atoms with Gasteiger partial charge in [0.25, 0.3) is 0 Å². The normalized spacial score (nSPS) is 17.9. The second-order valence-corrected chi connectivity index (χ2v) is 5.31. The van der Waals surface area contributed by atoms with Gasteiger partial charge in [-0.25, -0.2) is 0 Å². The second-order valence-electron chi connectivity index (χ2n) is 5.31. The Morgan fingerprint density at radius 1 is 1.35 bits per heavy atom. The van der Waals surface area contributed by atoms with Gasteiger partial charge in [0.15, 0.2) is 0 Å². The Kier molecular flexibility index (Phi) is 4.31. The van der Waals surface area contributed by atoms with Crippen molar-refractivity contribution in [2.75, 3.05) is 13.1 Å². The van der Waals surface area contributed by atoms with Gasteiger partial charge in [-0.15, -0.1) is 10.2 Å². The lowest BCUT2D eigenvalue weighted by molar-refractivity contribution is -0.144. The highest BCUT2D eigenvalue weighted by Gasteiger charge is 2.31. The van der Waals surface area contributed by atoms with Crippen molar-refractivity contribution in [3.05, 3.63) is 30.3 Å². The molecule has 0 radical (unpaired) electrons. The number of tetrazole rings is 1. The molecule has 1 aromatic carbocycles. The fraction of sp³-hybridized carbons (Fsp3) is 0.400. The number of aromatic nitrogens is 4. The number of amides is 2. The van der Waals surface area contributed by atoms with Gasteiger partial charge in [0.05, 0.1) is 0 Å². The average Bonchev–Trinajstić information content (AvgIpc) is 3.04. The van der Waals surface area contributed by atoms with E-state index in [2.05, 4.69) is 20.7 Å². The van der Waals surface area contributed by atoms with Gasteiger partial charge in [0.2, 0.25) is 17.6 Å². The molecule has 2 amide bonds. The van der Waals surface area contributed by atoms with Crippen LogP contribution in [0.1, 0.15) is 13.3 Å². The summed E-state index contributed by atoms with van der Waals surface area (Å²) >= 11 is 0. The number of rotatable bonds is 4. The second kappa shape index (κ2) is 6.55. The van der Waals surface area contributed by atoms with Crippen LogP contribution in [0.25, 0.3) is 11.4 Å². The molecule has 8 heteroatoms. The fourth-order valence-corrected chi connectivity index (χ4v) is 2.64. The summed E-state index contributed by atoms with van der Waals surface area (Å²) < 4.78 is 0. The van der Waals surface area contributed by atoms with Crippen molar-refractivity contribution in [1.82, 2.24) is 30.4 Å². The lowest BCUT2D eigenvalue weighted by atomic mass is 10.1. The largest absolute Gasteiger partial charge is 0.353 e. The summed E-state index contributed by atoms with van der Waals surface area (Å²) in [7, 11) is 0. The first-order chi connectivity index (χ1) is 11.2. The van der Waals surface area contributed by atoms with E-state index < -0.39 is 6.04 Å². The van der Waals surface area contributed by atoms with Crippen LogP contribution in [0.5, 0.6) is 0 Å². The van der Waals surface area contributed by atoms with Gasteiger partial charge in [-0.05, 0) is 11.6 Å². The summed E-state index contributed by atoms with van der Waals surface area (Å²) in [6, 6.07) is 9.02. The predicted molar refractivity (Wildman–Crippen MR) is 82.1 cm³/mol. The third-order valence-corrected chi connectivity index (χ3v) is 3.80. The van der Waals surface area contributed by atoms with Crippen molar-refractivity contribution in [3.63, 3.8) is 0 Å². The highest BCUT2D eigenvalue weighted by atomic mass is 16.2. The standard InChI is InChI=1S/C15H18N6O2/c1-2-12-15(23)16-8-9-20(12)13(22)10-21-18-14(17-19-21)11-6-4-3-5-7-11/h3-7,12H,2,8-10H2,1H3,(H,16,23). The molecule has 1 atom stereocenters. The molecule has 0 aliphatic carbocycles.